The van der Waals surface area contributed by atoms with Gasteiger partial charge in [0, 0.05) is 0 Å². The molecule has 58 valence electrons. The van der Waals surface area contributed by atoms with Crippen molar-refractivity contribution in [2.24, 2.45) is 0 Å². The third kappa shape index (κ3) is 4.62. The zero-order valence-corrected chi connectivity index (χ0v) is 5.01. The van der Waals surface area contributed by atoms with Gasteiger partial charge in [0.1, 0.15) is 0 Å². The number of rotatable bonds is 3. The van der Waals surface area contributed by atoms with Crippen LogP contribution in [-0.2, 0) is 9.57 Å². The lowest BCUT2D eigenvalue weighted by Crippen LogP contribution is -2.19. The van der Waals surface area contributed by atoms with Crippen LogP contribution in [0.15, 0.2) is 0 Å². The van der Waals surface area contributed by atoms with Gasteiger partial charge in [0.25, 0.3) is 5.09 Å². The molecule has 0 aliphatic rings. The van der Waals surface area contributed by atoms with Crippen LogP contribution in [0.3, 0.4) is 0 Å². The maximum absolute atomic E-state index is 9.67. The highest BCUT2D eigenvalue weighted by atomic mass is 17.0. The maximum atomic E-state index is 9.67. The quantitative estimate of drug-likeness (QED) is 0.268. The maximum Gasteiger partial charge on any atom is 0.507 e. The highest BCUT2D eigenvalue weighted by molar-refractivity contribution is 5.56. The van der Waals surface area contributed by atoms with Crippen molar-refractivity contribution < 1.29 is 24.6 Å². The Hall–Kier alpha value is -1.53. The van der Waals surface area contributed by atoms with Gasteiger partial charge in [0.15, 0.2) is 0 Å². The molecule has 0 radical (unpaired) electrons. The van der Waals surface area contributed by atoms with E-state index in [1.165, 1.54) is 0 Å². The molecule has 0 aromatic rings. The Morgan fingerprint density at radius 1 is 1.80 bits per heavy atom. The predicted molar refractivity (Wildman–Crippen MR) is 26.7 cm³/mol. The summed E-state index contributed by atoms with van der Waals surface area (Å²) in [6, 6.07) is 0. The fraction of sp³-hybridized carbons (Fsp3) is 0.667. The first kappa shape index (κ1) is 8.47. The topological polar surface area (TPSA) is 98.9 Å². The summed E-state index contributed by atoms with van der Waals surface area (Å²) in [5.74, 6) is 0. The smallest absolute Gasteiger partial charge is 0.450 e. The van der Waals surface area contributed by atoms with E-state index in [9.17, 15) is 14.9 Å². The number of nitrogens with zero attached hydrogens (tertiary/aromatic N) is 1. The van der Waals surface area contributed by atoms with Crippen molar-refractivity contribution in [3.63, 3.8) is 0 Å². The van der Waals surface area contributed by atoms with Crippen molar-refractivity contribution in [2.45, 2.75) is 13.2 Å². The monoisotopic (exact) mass is 151 g/mol. The summed E-state index contributed by atoms with van der Waals surface area (Å²) < 4.78 is 3.81. The summed E-state index contributed by atoms with van der Waals surface area (Å²) in [5.41, 5.74) is 0. The van der Waals surface area contributed by atoms with Crippen LogP contribution in [0.1, 0.15) is 6.92 Å². The summed E-state index contributed by atoms with van der Waals surface area (Å²) in [6.45, 7) is 1.09. The number of hydrogen-bond acceptors (Lipinski definition) is 5. The first-order chi connectivity index (χ1) is 4.52. The molecule has 1 unspecified atom stereocenters. The average molecular weight is 151 g/mol. The molecule has 0 amide bonds. The lowest BCUT2D eigenvalue weighted by atomic mass is 10.8. The molecule has 0 rings (SSSR count). The third-order valence-corrected chi connectivity index (χ3v) is 0.501. The van der Waals surface area contributed by atoms with E-state index in [4.69, 9.17) is 5.11 Å². The van der Waals surface area contributed by atoms with Gasteiger partial charge >= 0.3 is 6.16 Å². The van der Waals surface area contributed by atoms with Gasteiger partial charge < -0.3 is 9.84 Å². The van der Waals surface area contributed by atoms with Gasteiger partial charge in [-0.05, 0) is 6.92 Å². The van der Waals surface area contributed by atoms with Crippen LogP contribution in [0.25, 0.3) is 0 Å². The molecule has 0 saturated heterocycles. The Kier molecular flexibility index (Phi) is 2.95. The second-order valence-electron chi connectivity index (χ2n) is 1.28. The fourth-order valence-electron chi connectivity index (χ4n) is 0.285. The van der Waals surface area contributed by atoms with Crippen molar-refractivity contribution >= 4 is 6.16 Å². The van der Waals surface area contributed by atoms with E-state index < -0.39 is 17.5 Å². The van der Waals surface area contributed by atoms with E-state index in [2.05, 4.69) is 9.57 Å². The molecule has 0 fully saturated rings. The van der Waals surface area contributed by atoms with Gasteiger partial charge in [-0.1, -0.05) is 0 Å². The summed E-state index contributed by atoms with van der Waals surface area (Å²) in [7, 11) is 0. The van der Waals surface area contributed by atoms with Crippen LogP contribution in [-0.4, -0.2) is 22.6 Å². The Morgan fingerprint density at radius 2 is 2.30 bits per heavy atom. The minimum atomic E-state index is -1.62. The molecule has 0 aromatic heterocycles. The molecular weight excluding hydrogens is 146 g/mol. The molecule has 0 aliphatic heterocycles. The van der Waals surface area contributed by atoms with Crippen molar-refractivity contribution in [3.05, 3.63) is 10.1 Å². The van der Waals surface area contributed by atoms with Gasteiger partial charge in [0.05, 0.1) is 0 Å². The van der Waals surface area contributed by atoms with E-state index >= 15 is 0 Å². The Labute approximate surface area is 55.3 Å². The van der Waals surface area contributed by atoms with Crippen molar-refractivity contribution in [2.75, 3.05) is 0 Å². The van der Waals surface area contributed by atoms with E-state index in [-0.39, 0.29) is 0 Å². The minimum absolute atomic E-state index is 1.09. The second kappa shape index (κ2) is 3.49. The lowest BCUT2D eigenvalue weighted by Gasteiger charge is -2.05. The predicted octanol–water partition coefficient (Wildman–Crippen LogP) is 0.235. The molecule has 0 aliphatic carbocycles. The Morgan fingerprint density at radius 3 is 2.60 bits per heavy atom. The first-order valence-electron chi connectivity index (χ1n) is 2.23. The molecule has 7 nitrogen and oxygen atoms in total. The molecule has 1 atom stereocenters. The van der Waals surface area contributed by atoms with Gasteiger partial charge in [-0.15, -0.1) is 10.1 Å². The molecule has 7 heteroatoms. The largest absolute Gasteiger partial charge is 0.507 e. The van der Waals surface area contributed by atoms with Gasteiger partial charge in [-0.3, -0.25) is 4.84 Å². The van der Waals surface area contributed by atoms with E-state index in [0.717, 1.165) is 6.92 Å². The lowest BCUT2D eigenvalue weighted by molar-refractivity contribution is -0.777. The Balaban J connectivity index is 3.53. The van der Waals surface area contributed by atoms with Crippen LogP contribution in [0, 0.1) is 10.1 Å². The standard InChI is InChI=1S/C3H5NO6/c1-2(9-3(5)6)10-4(7)8/h2H,1H3,(H,5,6). The summed E-state index contributed by atoms with van der Waals surface area (Å²) in [4.78, 5) is 22.8. The highest BCUT2D eigenvalue weighted by Gasteiger charge is 2.10. The Bertz CT molecular complexity index is 128. The number of carboxylic acid groups (broad SMARTS) is 1. The third-order valence-electron chi connectivity index (χ3n) is 0.501. The van der Waals surface area contributed by atoms with Crippen LogP contribution in [0.5, 0.6) is 0 Å². The zero-order valence-electron chi connectivity index (χ0n) is 5.01. The van der Waals surface area contributed by atoms with Gasteiger partial charge in [0.2, 0.25) is 6.29 Å². The molecular formula is C3H5NO6. The van der Waals surface area contributed by atoms with Crippen LogP contribution in [0.4, 0.5) is 4.79 Å². The van der Waals surface area contributed by atoms with Gasteiger partial charge in [-0.25, -0.2) is 4.79 Å². The molecule has 0 spiro atoms. The SMILES string of the molecule is CC(OC(=O)O)O[N+](=O)[O-]. The van der Waals surface area contributed by atoms with Crippen molar-refractivity contribution in [1.29, 1.82) is 0 Å². The van der Waals surface area contributed by atoms with Crippen molar-refractivity contribution in [1.82, 2.24) is 0 Å². The number of carbonyl (C=O) groups is 1. The second-order valence-corrected chi connectivity index (χ2v) is 1.28. The molecule has 10 heavy (non-hydrogen) atoms. The molecule has 0 heterocycles. The van der Waals surface area contributed by atoms with Crippen molar-refractivity contribution in [3.8, 4) is 0 Å². The summed E-state index contributed by atoms with van der Waals surface area (Å²) >= 11 is 0. The average Bonchev–Trinajstić information content (AvgIpc) is 1.58. The number of ether oxygens (including phenoxy) is 1. The van der Waals surface area contributed by atoms with Gasteiger partial charge in [-0.2, -0.15) is 0 Å². The number of hydrogen-bond donors (Lipinski definition) is 1. The van der Waals surface area contributed by atoms with E-state index in [1.54, 1.807) is 0 Å². The minimum Gasteiger partial charge on any atom is -0.450 e. The van der Waals surface area contributed by atoms with E-state index in [0.29, 0.717) is 0 Å². The zero-order chi connectivity index (χ0) is 8.15. The molecule has 0 saturated carbocycles. The van der Waals surface area contributed by atoms with Crippen LogP contribution >= 0.6 is 0 Å². The molecule has 0 aromatic carbocycles. The summed E-state index contributed by atoms with van der Waals surface area (Å²) in [5, 5.41) is 16.2. The normalized spacial score (nSPS) is 11.7. The highest BCUT2D eigenvalue weighted by Crippen LogP contribution is 1.92. The summed E-state index contributed by atoms with van der Waals surface area (Å²) in [6.07, 6.45) is -3.00. The van der Waals surface area contributed by atoms with Crippen LogP contribution < -0.4 is 0 Å². The first-order valence-corrected chi connectivity index (χ1v) is 2.23. The fourth-order valence-corrected chi connectivity index (χ4v) is 0.285. The van der Waals surface area contributed by atoms with E-state index in [1.807, 2.05) is 0 Å². The molecule has 1 N–H and O–H groups in total. The molecule has 0 bridgehead atoms. The van der Waals surface area contributed by atoms with Crippen LogP contribution in [0.2, 0.25) is 0 Å².